The summed E-state index contributed by atoms with van der Waals surface area (Å²) in [7, 11) is 0. The van der Waals surface area contributed by atoms with Crippen LogP contribution in [0.4, 0.5) is 5.69 Å². The van der Waals surface area contributed by atoms with E-state index in [1.807, 2.05) is 31.2 Å². The van der Waals surface area contributed by atoms with Crippen molar-refractivity contribution in [1.29, 1.82) is 0 Å². The number of carboxylic acid groups (broad SMARTS) is 1. The highest BCUT2D eigenvalue weighted by atomic mass is 16.4. The first-order valence-electron chi connectivity index (χ1n) is 7.94. The Hall–Kier alpha value is -1.51. The predicted molar refractivity (Wildman–Crippen MR) is 86.5 cm³/mol. The summed E-state index contributed by atoms with van der Waals surface area (Å²) < 4.78 is 0. The second-order valence-corrected chi connectivity index (χ2v) is 6.95. The van der Waals surface area contributed by atoms with Crippen LogP contribution in [0.25, 0.3) is 0 Å². The van der Waals surface area contributed by atoms with Crippen LogP contribution in [0.3, 0.4) is 0 Å². The van der Waals surface area contributed by atoms with Crippen molar-refractivity contribution in [2.75, 3.05) is 5.32 Å². The minimum absolute atomic E-state index is 0.158. The molecule has 3 unspecified atom stereocenters. The smallest absolute Gasteiger partial charge is 0.329 e. The number of hydrogen-bond acceptors (Lipinski definition) is 2. The molecule has 3 atom stereocenters. The number of para-hydroxylation sites is 1. The van der Waals surface area contributed by atoms with Gasteiger partial charge >= 0.3 is 5.97 Å². The normalized spacial score (nSPS) is 29.4. The van der Waals surface area contributed by atoms with Gasteiger partial charge in [-0.15, -0.1) is 0 Å². The predicted octanol–water partition coefficient (Wildman–Crippen LogP) is 4.32. The molecule has 1 aliphatic rings. The average Bonchev–Trinajstić information content (AvgIpc) is 2.41. The standard InChI is InChI=1S/C18H27NO2/c1-12(2)15-10-9-13(3)11-18(15,17(20)21)19-16-8-6-5-7-14(16)4/h5-8,12-13,15,19H,9-11H2,1-4H3,(H,20,21). The molecule has 1 fully saturated rings. The van der Waals surface area contributed by atoms with Crippen molar-refractivity contribution >= 4 is 11.7 Å². The molecule has 1 saturated carbocycles. The third-order valence-corrected chi connectivity index (χ3v) is 4.96. The van der Waals surface area contributed by atoms with Crippen molar-refractivity contribution in [2.24, 2.45) is 17.8 Å². The molecule has 2 N–H and O–H groups in total. The Morgan fingerprint density at radius 2 is 2.00 bits per heavy atom. The van der Waals surface area contributed by atoms with Gasteiger partial charge in [-0.05, 0) is 49.1 Å². The van der Waals surface area contributed by atoms with Crippen LogP contribution in [0.15, 0.2) is 24.3 Å². The molecule has 0 saturated heterocycles. The van der Waals surface area contributed by atoms with Crippen molar-refractivity contribution < 1.29 is 9.90 Å². The highest BCUT2D eigenvalue weighted by Gasteiger charge is 2.50. The van der Waals surface area contributed by atoms with Gasteiger partial charge in [0.1, 0.15) is 5.54 Å². The summed E-state index contributed by atoms with van der Waals surface area (Å²) >= 11 is 0. The number of nitrogens with one attached hydrogen (secondary N) is 1. The number of carboxylic acids is 1. The maximum Gasteiger partial charge on any atom is 0.329 e. The van der Waals surface area contributed by atoms with Crippen molar-refractivity contribution in [1.82, 2.24) is 0 Å². The van der Waals surface area contributed by atoms with Gasteiger partial charge in [0.2, 0.25) is 0 Å². The van der Waals surface area contributed by atoms with Crippen molar-refractivity contribution in [2.45, 2.75) is 52.5 Å². The first-order chi connectivity index (χ1) is 9.86. The highest BCUT2D eigenvalue weighted by Crippen LogP contribution is 2.43. The maximum atomic E-state index is 12.2. The van der Waals surface area contributed by atoms with E-state index in [1.165, 1.54) is 0 Å². The molecule has 116 valence electrons. The van der Waals surface area contributed by atoms with Crippen LogP contribution in [0.2, 0.25) is 0 Å². The fourth-order valence-corrected chi connectivity index (χ4v) is 3.81. The monoisotopic (exact) mass is 289 g/mol. The largest absolute Gasteiger partial charge is 0.479 e. The van der Waals surface area contributed by atoms with Gasteiger partial charge < -0.3 is 10.4 Å². The fraction of sp³-hybridized carbons (Fsp3) is 0.611. The average molecular weight is 289 g/mol. The summed E-state index contributed by atoms with van der Waals surface area (Å²) in [4.78, 5) is 12.2. The summed E-state index contributed by atoms with van der Waals surface area (Å²) in [6.07, 6.45) is 2.79. The molecule has 3 heteroatoms. The molecule has 0 amide bonds. The van der Waals surface area contributed by atoms with E-state index in [4.69, 9.17) is 0 Å². The van der Waals surface area contributed by atoms with Crippen LogP contribution < -0.4 is 5.32 Å². The van der Waals surface area contributed by atoms with E-state index in [-0.39, 0.29) is 5.92 Å². The molecule has 21 heavy (non-hydrogen) atoms. The third kappa shape index (κ3) is 3.07. The van der Waals surface area contributed by atoms with E-state index in [1.54, 1.807) is 0 Å². The molecule has 1 aliphatic carbocycles. The van der Waals surface area contributed by atoms with Gasteiger partial charge in [-0.1, -0.05) is 45.4 Å². The van der Waals surface area contributed by atoms with E-state index in [9.17, 15) is 9.90 Å². The van der Waals surface area contributed by atoms with Crippen LogP contribution >= 0.6 is 0 Å². The summed E-state index contributed by atoms with van der Waals surface area (Å²) in [5, 5.41) is 13.4. The molecule has 0 aliphatic heterocycles. The quantitative estimate of drug-likeness (QED) is 0.867. The lowest BCUT2D eigenvalue weighted by molar-refractivity contribution is -0.147. The Morgan fingerprint density at radius 3 is 2.57 bits per heavy atom. The summed E-state index contributed by atoms with van der Waals surface area (Å²) in [5.74, 6) is 0.236. The molecule has 2 rings (SSSR count). The first kappa shape index (κ1) is 15.9. The van der Waals surface area contributed by atoms with Crippen LogP contribution in [0.1, 0.15) is 45.6 Å². The maximum absolute atomic E-state index is 12.2. The first-order valence-corrected chi connectivity index (χ1v) is 7.94. The van der Waals surface area contributed by atoms with Gasteiger partial charge in [-0.25, -0.2) is 4.79 Å². The lowest BCUT2D eigenvalue weighted by atomic mass is 9.64. The van der Waals surface area contributed by atoms with Crippen molar-refractivity contribution in [3.05, 3.63) is 29.8 Å². The summed E-state index contributed by atoms with van der Waals surface area (Å²) in [6, 6.07) is 7.95. The van der Waals surface area contributed by atoms with E-state index < -0.39 is 11.5 Å². The molecule has 3 nitrogen and oxygen atoms in total. The van der Waals surface area contributed by atoms with Crippen molar-refractivity contribution in [3.63, 3.8) is 0 Å². The molecule has 0 radical (unpaired) electrons. The van der Waals surface area contributed by atoms with Gasteiger partial charge in [0.15, 0.2) is 0 Å². The van der Waals surface area contributed by atoms with Crippen LogP contribution in [-0.4, -0.2) is 16.6 Å². The number of hydrogen-bond donors (Lipinski definition) is 2. The topological polar surface area (TPSA) is 49.3 Å². The lowest BCUT2D eigenvalue weighted by Crippen LogP contribution is -2.57. The molecule has 1 aromatic rings. The van der Waals surface area contributed by atoms with E-state index in [2.05, 4.69) is 26.1 Å². The van der Waals surface area contributed by atoms with E-state index >= 15 is 0 Å². The van der Waals surface area contributed by atoms with Gasteiger partial charge in [0.25, 0.3) is 0 Å². The zero-order chi connectivity index (χ0) is 15.6. The second kappa shape index (κ2) is 6.08. The van der Waals surface area contributed by atoms with Gasteiger partial charge in [0.05, 0.1) is 0 Å². The van der Waals surface area contributed by atoms with Gasteiger partial charge in [-0.2, -0.15) is 0 Å². The van der Waals surface area contributed by atoms with E-state index in [0.29, 0.717) is 18.3 Å². The Morgan fingerprint density at radius 1 is 1.33 bits per heavy atom. The molecule has 1 aromatic carbocycles. The van der Waals surface area contributed by atoms with Crippen LogP contribution in [-0.2, 0) is 4.79 Å². The van der Waals surface area contributed by atoms with E-state index in [0.717, 1.165) is 24.1 Å². The second-order valence-electron chi connectivity index (χ2n) is 6.95. The molecule has 0 spiro atoms. The van der Waals surface area contributed by atoms with Crippen LogP contribution in [0.5, 0.6) is 0 Å². The molecule has 0 heterocycles. The number of aryl methyl sites for hydroxylation is 1. The van der Waals surface area contributed by atoms with Crippen molar-refractivity contribution in [3.8, 4) is 0 Å². The third-order valence-electron chi connectivity index (χ3n) is 4.96. The Labute approximate surface area is 127 Å². The number of aliphatic carboxylic acids is 1. The highest BCUT2D eigenvalue weighted by molar-refractivity contribution is 5.84. The number of rotatable bonds is 4. The number of benzene rings is 1. The lowest BCUT2D eigenvalue weighted by Gasteiger charge is -2.46. The van der Waals surface area contributed by atoms with Crippen LogP contribution in [0, 0.1) is 24.7 Å². The Balaban J connectivity index is 2.42. The molecule has 0 bridgehead atoms. The number of anilines is 1. The molecular formula is C18H27NO2. The minimum Gasteiger partial charge on any atom is -0.479 e. The number of carbonyl (C=O) groups is 1. The molecular weight excluding hydrogens is 262 g/mol. The Kier molecular flexibility index (Phi) is 4.60. The zero-order valence-electron chi connectivity index (χ0n) is 13.5. The zero-order valence-corrected chi connectivity index (χ0v) is 13.5. The summed E-state index contributed by atoms with van der Waals surface area (Å²) in [6.45, 7) is 8.46. The van der Waals surface area contributed by atoms with Gasteiger partial charge in [-0.3, -0.25) is 0 Å². The molecule has 0 aromatic heterocycles. The van der Waals surface area contributed by atoms with Gasteiger partial charge in [0, 0.05) is 5.69 Å². The Bertz CT molecular complexity index is 512. The minimum atomic E-state index is -0.849. The SMILES string of the molecule is Cc1ccccc1NC1(C(=O)O)CC(C)CCC1C(C)C. The fourth-order valence-electron chi connectivity index (χ4n) is 3.81. The summed E-state index contributed by atoms with van der Waals surface area (Å²) in [5.41, 5.74) is 1.19.